The van der Waals surface area contributed by atoms with Crippen molar-refractivity contribution in [1.29, 1.82) is 0 Å². The van der Waals surface area contributed by atoms with E-state index in [0.717, 1.165) is 92.1 Å². The summed E-state index contributed by atoms with van der Waals surface area (Å²) in [4.78, 5) is 88.4. The first-order chi connectivity index (χ1) is 70.8. The highest BCUT2D eigenvalue weighted by Crippen LogP contribution is 2.41. The molecule has 2 N–H and O–H groups in total. The molecule has 0 spiro atoms. The van der Waals surface area contributed by atoms with Crippen LogP contribution in [0.2, 0.25) is 0 Å². The first-order valence-corrected chi connectivity index (χ1v) is 50.3. The quantitative estimate of drug-likeness (QED) is 0.0203. The van der Waals surface area contributed by atoms with Gasteiger partial charge < -0.3 is 85.7 Å². The van der Waals surface area contributed by atoms with Gasteiger partial charge in [-0.15, -0.1) is 49.3 Å². The molecule has 38 heteroatoms. The topological polar surface area (TPSA) is 390 Å². The van der Waals surface area contributed by atoms with Crippen LogP contribution in [0.25, 0.3) is 95.3 Å². The number of anilines is 3. The van der Waals surface area contributed by atoms with Crippen molar-refractivity contribution in [2.24, 2.45) is 0 Å². The van der Waals surface area contributed by atoms with E-state index in [-0.39, 0.29) is 140 Å². The monoisotopic (exact) mass is 2020 g/mol. The van der Waals surface area contributed by atoms with Gasteiger partial charge in [0.05, 0.1) is 197 Å². The summed E-state index contributed by atoms with van der Waals surface area (Å²) in [7, 11) is 0. The molecule has 18 aromatic rings. The Labute approximate surface area is 844 Å². The third kappa shape index (κ3) is 25.9. The van der Waals surface area contributed by atoms with Gasteiger partial charge in [-0.3, -0.25) is 4.79 Å². The number of rotatable bonds is 52. The van der Waals surface area contributed by atoms with Gasteiger partial charge in [0.15, 0.2) is 11.5 Å². The molecule has 748 valence electrons. The summed E-state index contributed by atoms with van der Waals surface area (Å²) in [6.45, 7) is 17.9. The van der Waals surface area contributed by atoms with Crippen LogP contribution in [0.5, 0.6) is 17.2 Å². The largest absolute Gasteiger partial charge is 0.487 e. The van der Waals surface area contributed by atoms with E-state index in [1.165, 1.54) is 34.0 Å². The van der Waals surface area contributed by atoms with Gasteiger partial charge in [-0.05, 0) is 173 Å². The summed E-state index contributed by atoms with van der Waals surface area (Å²) in [6.07, 6.45) is 5.65. The Morgan fingerprint density at radius 3 is 1.10 bits per heavy atom. The Hall–Kier alpha value is -14.8. The molecule has 0 saturated heterocycles. The van der Waals surface area contributed by atoms with Gasteiger partial charge in [-0.2, -0.15) is 0 Å². The molecule has 0 saturated carbocycles. The van der Waals surface area contributed by atoms with Gasteiger partial charge in [-0.25, -0.2) is 48.2 Å². The number of esters is 1. The minimum absolute atomic E-state index is 0.0181. The number of hydrogen-bond donors (Lipinski definition) is 2. The Morgan fingerprint density at radius 2 is 0.731 bits per heavy atom. The van der Waals surface area contributed by atoms with Crippen molar-refractivity contribution >= 4 is 127 Å². The van der Waals surface area contributed by atoms with E-state index in [1.54, 1.807) is 74.7 Å². The number of carbonyl (C=O) groups is 2. The molecule has 0 fully saturated rings. The van der Waals surface area contributed by atoms with Crippen molar-refractivity contribution in [3.8, 4) is 49.0 Å². The van der Waals surface area contributed by atoms with Gasteiger partial charge in [0.1, 0.15) is 75.3 Å². The third-order valence-corrected chi connectivity index (χ3v) is 27.0. The lowest BCUT2D eigenvalue weighted by Gasteiger charge is -2.28. The molecule has 0 bridgehead atoms. The number of nitrogens with one attached hydrogen (secondary N) is 1. The van der Waals surface area contributed by atoms with E-state index < -0.39 is 28.8 Å². The summed E-state index contributed by atoms with van der Waals surface area (Å²) >= 11 is 4.36. The van der Waals surface area contributed by atoms with Crippen LogP contribution in [0.4, 0.5) is 17.1 Å². The molecule has 0 aliphatic heterocycles. The first kappa shape index (κ1) is 100. The maximum absolute atomic E-state index is 14.5. The highest BCUT2D eigenvalue weighted by molar-refractivity contribution is 7.22. The zero-order valence-electron chi connectivity index (χ0n) is 80.8. The number of nitrogens with zero attached hydrogens (tertiary/aromatic N) is 15. The fourth-order valence-electron chi connectivity index (χ4n) is 16.2. The number of aliphatic hydroxyl groups excluding tert-OH is 1. The highest BCUT2D eigenvalue weighted by Gasteiger charge is 2.26. The molecule has 9 heterocycles. The Balaban J connectivity index is 0.490. The molecule has 35 nitrogen and oxygen atoms in total. The first-order valence-electron chi connectivity index (χ1n) is 47.8. The van der Waals surface area contributed by atoms with E-state index in [2.05, 4.69) is 92.5 Å². The summed E-state index contributed by atoms with van der Waals surface area (Å²) in [5, 5.41) is 43.3. The lowest BCUT2D eigenvalue weighted by molar-refractivity contribution is 0.0282. The molecular formula is C107H108N16O19S3. The number of aliphatic hydroxyl groups is 1. The van der Waals surface area contributed by atoms with Gasteiger partial charge in [0.2, 0.25) is 5.75 Å². The van der Waals surface area contributed by atoms with Gasteiger partial charge in [-0.1, -0.05) is 88.4 Å². The SMILES string of the molecule is CC(C)N(Cc1cn(CCOCCOCCOc2cc(C(=O)NCc3ccc(C(=O)OCc4ccc(CO)cc4)cc3)cc(OCCOCCOCCn3cc(CN(c4ccc5cc(-c6nc7ccccc7s6)c(=O)oc5c4)C(C)C)nn3)c2OCCOCCOCCn2cc(CN(c3ccc4cc(-c5nc6ccccc6s5)c(=O)oc4c3)C(C)C)nn2)nn1)c1ccc2cc(-c3nc4ccccc4s3)c(=O)oc2c1. The maximum atomic E-state index is 14.5. The second-order valence-corrected chi connectivity index (χ2v) is 38.1. The molecular weight excluding hydrogens is 1910 g/mol. The van der Waals surface area contributed by atoms with Crippen molar-refractivity contribution in [2.75, 3.05) is 114 Å². The standard InChI is InChI=1S/C107H108N16O19S3/c1-68(2)121(82-30-27-75-51-85(105(127)140-91(75)56-82)101-109-88-13-7-10-16-96(88)143-101)63-79-60-118(115-112-79)33-36-130-39-42-133-45-48-136-94-54-78(100(125)108-59-71-23-25-74(26-24-71)104(126)139-67-73-21-19-72(66-124)20-22-73)55-95(137-49-46-134-43-40-131-37-34-119-61-80(113-116-119)64-122(69(3)4)83-31-28-76-52-86(106(128)141-92(76)57-83)102-110-89-14-8-11-17-97(89)144-102)99(94)138-50-47-135-44-41-132-38-35-120-62-81(114-117-120)65-123(70(5)6)84-32-29-77-53-87(107(129)142-93(77)58-84)103-111-90-15-9-12-18-98(90)145-103/h7-32,51-58,60-62,68-70,124H,33-50,59,63-67H2,1-6H3,(H,108,125). The summed E-state index contributed by atoms with van der Waals surface area (Å²) in [5.74, 6) is -0.445. The third-order valence-electron chi connectivity index (χ3n) is 23.8. The lowest BCUT2D eigenvalue weighted by atomic mass is 10.1. The van der Waals surface area contributed by atoms with Crippen LogP contribution in [0.3, 0.4) is 0 Å². The Morgan fingerprint density at radius 1 is 0.386 bits per heavy atom. The number of para-hydroxylation sites is 3. The fourth-order valence-corrected chi connectivity index (χ4v) is 19.1. The second-order valence-electron chi connectivity index (χ2n) is 35.0. The zero-order chi connectivity index (χ0) is 100. The molecule has 9 aromatic carbocycles. The van der Waals surface area contributed by atoms with Crippen LogP contribution in [0.15, 0.2) is 252 Å². The van der Waals surface area contributed by atoms with Crippen molar-refractivity contribution in [1.82, 2.24) is 65.3 Å². The van der Waals surface area contributed by atoms with E-state index in [0.29, 0.717) is 119 Å². The Kier molecular flexibility index (Phi) is 33.2. The lowest BCUT2D eigenvalue weighted by Crippen LogP contribution is -2.30. The van der Waals surface area contributed by atoms with E-state index in [1.807, 2.05) is 164 Å². The number of ether oxygens (including phenoxy) is 10. The van der Waals surface area contributed by atoms with Crippen molar-refractivity contribution in [3.05, 3.63) is 301 Å². The minimum Gasteiger partial charge on any atom is -0.487 e. The minimum atomic E-state index is -0.524. The van der Waals surface area contributed by atoms with Crippen LogP contribution < -0.4 is 51.1 Å². The molecule has 0 aliphatic rings. The normalized spacial score (nSPS) is 11.7. The molecule has 0 atom stereocenters. The van der Waals surface area contributed by atoms with Crippen molar-refractivity contribution in [3.63, 3.8) is 0 Å². The van der Waals surface area contributed by atoms with E-state index in [9.17, 15) is 29.1 Å². The zero-order valence-corrected chi connectivity index (χ0v) is 83.2. The number of amides is 1. The number of hydrogen-bond acceptors (Lipinski definition) is 34. The summed E-state index contributed by atoms with van der Waals surface area (Å²) in [6, 6.07) is 63.5. The predicted molar refractivity (Wildman–Crippen MR) is 554 cm³/mol. The van der Waals surface area contributed by atoms with Crippen molar-refractivity contribution < 1.29 is 75.3 Å². The average molecular weight is 2020 g/mol. The van der Waals surface area contributed by atoms with Gasteiger partial charge in [0, 0.05) is 81.7 Å². The van der Waals surface area contributed by atoms with Gasteiger partial charge >= 0.3 is 22.8 Å². The molecule has 0 aliphatic carbocycles. The summed E-state index contributed by atoms with van der Waals surface area (Å²) < 4.78 is 87.2. The van der Waals surface area contributed by atoms with Crippen LogP contribution in [0.1, 0.15) is 96.0 Å². The maximum Gasteiger partial charge on any atom is 0.346 e. The number of carbonyl (C=O) groups excluding carboxylic acids is 2. The predicted octanol–water partition coefficient (Wildman–Crippen LogP) is 17.0. The number of aromatic nitrogens is 12. The molecule has 18 rings (SSSR count). The molecule has 0 radical (unpaired) electrons. The molecule has 0 unspecified atom stereocenters. The second kappa shape index (κ2) is 48.0. The van der Waals surface area contributed by atoms with E-state index in [4.69, 9.17) is 75.6 Å². The van der Waals surface area contributed by atoms with Crippen LogP contribution >= 0.6 is 34.0 Å². The average Bonchev–Trinajstić information content (AvgIpc) is 1.73. The highest BCUT2D eigenvalue weighted by atomic mass is 32.1. The fraction of sp³-hybridized carbons (Fsp3) is 0.308. The summed E-state index contributed by atoms with van der Waals surface area (Å²) in [5.41, 5.74) is 11.3. The van der Waals surface area contributed by atoms with Crippen LogP contribution in [-0.4, -0.2) is 194 Å². The number of benzene rings is 9. The van der Waals surface area contributed by atoms with E-state index >= 15 is 0 Å². The molecule has 9 aromatic heterocycles. The van der Waals surface area contributed by atoms with Gasteiger partial charge in [0.25, 0.3) is 5.91 Å². The molecule has 145 heavy (non-hydrogen) atoms. The number of thiazole rings is 3. The number of fused-ring (bicyclic) bond motifs is 6. The van der Waals surface area contributed by atoms with Crippen LogP contribution in [-0.2, 0) is 92.2 Å². The molecule has 1 amide bonds. The van der Waals surface area contributed by atoms with Crippen LogP contribution in [0, 0.1) is 0 Å². The Bertz CT molecular complexity index is 7320. The smallest absolute Gasteiger partial charge is 0.346 e. The van der Waals surface area contributed by atoms with Crippen molar-refractivity contribution in [2.45, 2.75) is 119 Å².